The summed E-state index contributed by atoms with van der Waals surface area (Å²) in [6.45, 7) is 4.85. The largest absolute Gasteiger partial charge is 0.487 e. The first-order valence-corrected chi connectivity index (χ1v) is 12.0. The standard InChI is InChI=1S/C28H30N4O2/c1-19(2)9-14-27-31-28(32-34-27)21-6-5-8-22(16-21)30-26-13-12-24(17-25(26)20-10-11-20)33-18-23-7-3-4-15-29-23/h3-8,12-13,15-17,19-20,30H,9-11,14,18H2,1-2H3. The maximum Gasteiger partial charge on any atom is 0.226 e. The van der Waals surface area contributed by atoms with Gasteiger partial charge in [0.2, 0.25) is 11.7 Å². The Kier molecular flexibility index (Phi) is 6.56. The third kappa shape index (κ3) is 5.63. The number of ether oxygens (including phenoxy) is 1. The van der Waals surface area contributed by atoms with Crippen LogP contribution in [0, 0.1) is 5.92 Å². The fourth-order valence-electron chi connectivity index (χ4n) is 3.89. The van der Waals surface area contributed by atoms with E-state index in [1.807, 2.05) is 36.4 Å². The molecule has 34 heavy (non-hydrogen) atoms. The molecule has 0 atom stereocenters. The van der Waals surface area contributed by atoms with Crippen LogP contribution in [0.1, 0.15) is 56.2 Å². The molecule has 6 heteroatoms. The van der Waals surface area contributed by atoms with Crippen LogP contribution in [0.25, 0.3) is 11.4 Å². The number of hydrogen-bond donors (Lipinski definition) is 1. The van der Waals surface area contributed by atoms with E-state index in [0.717, 1.165) is 41.2 Å². The first kappa shape index (κ1) is 22.1. The molecule has 174 valence electrons. The van der Waals surface area contributed by atoms with Gasteiger partial charge in [-0.3, -0.25) is 4.98 Å². The molecular weight excluding hydrogens is 424 g/mol. The van der Waals surface area contributed by atoms with E-state index in [1.165, 1.54) is 18.4 Å². The lowest BCUT2D eigenvalue weighted by atomic mass is 10.1. The van der Waals surface area contributed by atoms with E-state index in [2.05, 4.69) is 58.6 Å². The quantitative estimate of drug-likeness (QED) is 0.280. The Morgan fingerprint density at radius 2 is 1.97 bits per heavy atom. The van der Waals surface area contributed by atoms with Crippen molar-refractivity contribution in [3.05, 3.63) is 84.0 Å². The minimum Gasteiger partial charge on any atom is -0.487 e. The molecule has 0 aliphatic heterocycles. The third-order valence-electron chi connectivity index (χ3n) is 5.96. The van der Waals surface area contributed by atoms with Crippen LogP contribution in [0.4, 0.5) is 11.4 Å². The van der Waals surface area contributed by atoms with E-state index < -0.39 is 0 Å². The van der Waals surface area contributed by atoms with E-state index in [9.17, 15) is 0 Å². The van der Waals surface area contributed by atoms with Gasteiger partial charge < -0.3 is 14.6 Å². The molecule has 6 nitrogen and oxygen atoms in total. The number of pyridine rings is 1. The number of hydrogen-bond acceptors (Lipinski definition) is 6. The van der Waals surface area contributed by atoms with Crippen LogP contribution in [-0.2, 0) is 13.0 Å². The summed E-state index contributed by atoms with van der Waals surface area (Å²) < 4.78 is 11.5. The number of aryl methyl sites for hydroxylation is 1. The Hall–Kier alpha value is -3.67. The van der Waals surface area contributed by atoms with Crippen molar-refractivity contribution in [3.63, 3.8) is 0 Å². The van der Waals surface area contributed by atoms with Gasteiger partial charge >= 0.3 is 0 Å². The predicted octanol–water partition coefficient (Wildman–Crippen LogP) is 6.92. The average Bonchev–Trinajstić information content (AvgIpc) is 3.59. The Balaban J connectivity index is 1.30. The molecule has 0 amide bonds. The Bertz CT molecular complexity index is 1230. The predicted molar refractivity (Wildman–Crippen MR) is 133 cm³/mol. The summed E-state index contributed by atoms with van der Waals surface area (Å²) in [7, 11) is 0. The van der Waals surface area contributed by atoms with Crippen LogP contribution in [0.2, 0.25) is 0 Å². The monoisotopic (exact) mass is 454 g/mol. The summed E-state index contributed by atoms with van der Waals surface area (Å²) in [6, 6.07) is 20.3. The molecule has 0 spiro atoms. The highest BCUT2D eigenvalue weighted by Gasteiger charge is 2.27. The zero-order valence-electron chi connectivity index (χ0n) is 19.7. The molecule has 1 aliphatic carbocycles. The molecule has 1 fully saturated rings. The lowest BCUT2D eigenvalue weighted by Crippen LogP contribution is -2.00. The molecule has 1 saturated carbocycles. The summed E-state index contributed by atoms with van der Waals surface area (Å²) in [5.74, 6) is 3.37. The first-order chi connectivity index (χ1) is 16.6. The van der Waals surface area contributed by atoms with Crippen LogP contribution in [0.3, 0.4) is 0 Å². The minimum absolute atomic E-state index is 0.462. The van der Waals surface area contributed by atoms with Gasteiger partial charge in [0.1, 0.15) is 12.4 Å². The highest BCUT2D eigenvalue weighted by Crippen LogP contribution is 2.45. The smallest absolute Gasteiger partial charge is 0.226 e. The minimum atomic E-state index is 0.462. The van der Waals surface area contributed by atoms with Crippen LogP contribution in [0.15, 0.2) is 71.4 Å². The second-order valence-corrected chi connectivity index (χ2v) is 9.28. The van der Waals surface area contributed by atoms with E-state index in [4.69, 9.17) is 9.26 Å². The molecule has 2 heterocycles. The molecule has 2 aromatic carbocycles. The van der Waals surface area contributed by atoms with Crippen LogP contribution in [-0.4, -0.2) is 15.1 Å². The topological polar surface area (TPSA) is 73.1 Å². The number of rotatable bonds is 10. The number of anilines is 2. The molecular formula is C28H30N4O2. The van der Waals surface area contributed by atoms with E-state index >= 15 is 0 Å². The molecule has 0 bridgehead atoms. The molecule has 1 aliphatic rings. The molecule has 1 N–H and O–H groups in total. The van der Waals surface area contributed by atoms with Gasteiger partial charge in [-0.1, -0.05) is 37.2 Å². The van der Waals surface area contributed by atoms with Crippen molar-refractivity contribution in [2.24, 2.45) is 5.92 Å². The maximum absolute atomic E-state index is 6.01. The Morgan fingerprint density at radius 1 is 1.06 bits per heavy atom. The van der Waals surface area contributed by atoms with Crippen molar-refractivity contribution >= 4 is 11.4 Å². The first-order valence-electron chi connectivity index (χ1n) is 12.0. The number of nitrogens with zero attached hydrogens (tertiary/aromatic N) is 3. The number of nitrogens with one attached hydrogen (secondary N) is 1. The van der Waals surface area contributed by atoms with Gasteiger partial charge in [-0.25, -0.2) is 0 Å². The fraction of sp³-hybridized carbons (Fsp3) is 0.321. The number of benzene rings is 2. The Morgan fingerprint density at radius 3 is 2.76 bits per heavy atom. The molecule has 0 radical (unpaired) electrons. The van der Waals surface area contributed by atoms with Gasteiger partial charge in [0.25, 0.3) is 0 Å². The molecule has 0 saturated heterocycles. The highest BCUT2D eigenvalue weighted by atomic mass is 16.5. The summed E-state index contributed by atoms with van der Waals surface area (Å²) in [4.78, 5) is 8.92. The summed E-state index contributed by atoms with van der Waals surface area (Å²) in [5.41, 5.74) is 5.25. The van der Waals surface area contributed by atoms with Gasteiger partial charge in [-0.2, -0.15) is 4.98 Å². The third-order valence-corrected chi connectivity index (χ3v) is 5.96. The van der Waals surface area contributed by atoms with Gasteiger partial charge in [0, 0.05) is 29.6 Å². The lowest BCUT2D eigenvalue weighted by Gasteiger charge is -2.14. The van der Waals surface area contributed by atoms with Gasteiger partial charge in [0.15, 0.2) is 0 Å². The van der Waals surface area contributed by atoms with Crippen molar-refractivity contribution in [3.8, 4) is 17.1 Å². The van der Waals surface area contributed by atoms with Crippen LogP contribution >= 0.6 is 0 Å². The molecule has 5 rings (SSSR count). The summed E-state index contributed by atoms with van der Waals surface area (Å²) in [5, 5.41) is 7.79. The zero-order valence-corrected chi connectivity index (χ0v) is 19.7. The number of aromatic nitrogens is 3. The van der Waals surface area contributed by atoms with Crippen molar-refractivity contribution in [1.82, 2.24) is 15.1 Å². The van der Waals surface area contributed by atoms with Crippen molar-refractivity contribution < 1.29 is 9.26 Å². The normalized spacial score (nSPS) is 13.3. The van der Waals surface area contributed by atoms with Crippen molar-refractivity contribution in [2.75, 3.05) is 5.32 Å². The summed E-state index contributed by atoms with van der Waals surface area (Å²) >= 11 is 0. The Labute approximate surface area is 200 Å². The highest BCUT2D eigenvalue weighted by molar-refractivity contribution is 5.70. The maximum atomic E-state index is 6.01. The van der Waals surface area contributed by atoms with Crippen LogP contribution < -0.4 is 10.1 Å². The molecule has 4 aromatic rings. The van der Waals surface area contributed by atoms with Gasteiger partial charge in [-0.15, -0.1) is 0 Å². The van der Waals surface area contributed by atoms with Crippen molar-refractivity contribution in [1.29, 1.82) is 0 Å². The van der Waals surface area contributed by atoms with E-state index in [1.54, 1.807) is 6.20 Å². The van der Waals surface area contributed by atoms with E-state index in [0.29, 0.717) is 30.2 Å². The molecule has 0 unspecified atom stereocenters. The fourth-order valence-corrected chi connectivity index (χ4v) is 3.89. The SMILES string of the molecule is CC(C)CCc1nc(-c2cccc(Nc3ccc(OCc4ccccn4)cc3C3CC3)c2)no1. The van der Waals surface area contributed by atoms with Crippen molar-refractivity contribution in [2.45, 2.75) is 52.1 Å². The zero-order chi connectivity index (χ0) is 23.3. The van der Waals surface area contributed by atoms with Crippen LogP contribution in [0.5, 0.6) is 5.75 Å². The lowest BCUT2D eigenvalue weighted by molar-refractivity contribution is 0.301. The van der Waals surface area contributed by atoms with Gasteiger partial charge in [-0.05, 0) is 79.1 Å². The van der Waals surface area contributed by atoms with E-state index in [-0.39, 0.29) is 0 Å². The average molecular weight is 455 g/mol. The second kappa shape index (κ2) is 10.1. The summed E-state index contributed by atoms with van der Waals surface area (Å²) in [6.07, 6.45) is 6.05. The van der Waals surface area contributed by atoms with Gasteiger partial charge in [0.05, 0.1) is 5.69 Å². The molecule has 2 aromatic heterocycles. The second-order valence-electron chi connectivity index (χ2n) is 9.28.